The lowest BCUT2D eigenvalue weighted by atomic mass is 10.2. The summed E-state index contributed by atoms with van der Waals surface area (Å²) in [6.07, 6.45) is 0. The monoisotopic (exact) mass is 331 g/mol. The standard InChI is InChI=1S/C17H18NO4P/c1-20-23(19,21-2)16-11-14-9-6-10-15(17(14)18-16)22-12-13-7-4-3-5-8-13/h3-11,18H,12H2,1-2H3. The van der Waals surface area contributed by atoms with Gasteiger partial charge in [0.15, 0.2) is 0 Å². The van der Waals surface area contributed by atoms with E-state index in [1.807, 2.05) is 48.5 Å². The minimum absolute atomic E-state index is 0.410. The summed E-state index contributed by atoms with van der Waals surface area (Å²) in [6, 6.07) is 17.4. The maximum atomic E-state index is 12.5. The van der Waals surface area contributed by atoms with Crippen molar-refractivity contribution in [2.24, 2.45) is 0 Å². The summed E-state index contributed by atoms with van der Waals surface area (Å²) < 4.78 is 28.5. The van der Waals surface area contributed by atoms with Crippen molar-refractivity contribution >= 4 is 23.9 Å². The van der Waals surface area contributed by atoms with Crippen LogP contribution < -0.4 is 10.2 Å². The summed E-state index contributed by atoms with van der Waals surface area (Å²) in [6.45, 7) is 0.459. The number of ether oxygens (including phenoxy) is 1. The Labute approximate surface area is 134 Å². The molecule has 0 aliphatic carbocycles. The predicted octanol–water partition coefficient (Wildman–Crippen LogP) is 3.86. The minimum Gasteiger partial charge on any atom is -0.487 e. The van der Waals surface area contributed by atoms with E-state index in [4.69, 9.17) is 13.8 Å². The number of aromatic amines is 1. The summed E-state index contributed by atoms with van der Waals surface area (Å²) in [7, 11) is -0.587. The zero-order chi connectivity index (χ0) is 16.3. The number of benzene rings is 2. The highest BCUT2D eigenvalue weighted by atomic mass is 31.2. The van der Waals surface area contributed by atoms with Crippen LogP contribution in [0.2, 0.25) is 0 Å². The molecule has 0 fully saturated rings. The van der Waals surface area contributed by atoms with Crippen molar-refractivity contribution in [2.45, 2.75) is 6.61 Å². The minimum atomic E-state index is -3.31. The Bertz CT molecular complexity index is 836. The van der Waals surface area contributed by atoms with Gasteiger partial charge in [-0.1, -0.05) is 42.5 Å². The van der Waals surface area contributed by atoms with Crippen molar-refractivity contribution in [3.05, 3.63) is 60.2 Å². The first-order chi connectivity index (χ1) is 11.2. The summed E-state index contributed by atoms with van der Waals surface area (Å²) in [5, 5.41) is 0.889. The van der Waals surface area contributed by atoms with E-state index in [1.165, 1.54) is 14.2 Å². The molecule has 0 saturated heterocycles. The van der Waals surface area contributed by atoms with Crippen molar-refractivity contribution in [3.8, 4) is 5.75 Å². The van der Waals surface area contributed by atoms with Crippen molar-refractivity contribution in [1.82, 2.24) is 4.98 Å². The summed E-state index contributed by atoms with van der Waals surface area (Å²) in [4.78, 5) is 3.10. The Balaban J connectivity index is 1.92. The molecule has 1 N–H and O–H groups in total. The lowest BCUT2D eigenvalue weighted by Gasteiger charge is -2.11. The molecular weight excluding hydrogens is 313 g/mol. The highest BCUT2D eigenvalue weighted by Crippen LogP contribution is 2.45. The fraction of sp³-hybridized carbons (Fsp3) is 0.176. The van der Waals surface area contributed by atoms with Crippen LogP contribution in [0.5, 0.6) is 5.75 Å². The number of H-pyrrole nitrogens is 1. The van der Waals surface area contributed by atoms with Crippen molar-refractivity contribution in [1.29, 1.82) is 0 Å². The molecule has 5 nitrogen and oxygen atoms in total. The van der Waals surface area contributed by atoms with E-state index in [1.54, 1.807) is 6.07 Å². The van der Waals surface area contributed by atoms with Gasteiger partial charge >= 0.3 is 7.60 Å². The van der Waals surface area contributed by atoms with Crippen molar-refractivity contribution in [3.63, 3.8) is 0 Å². The third-order valence-corrected chi connectivity index (χ3v) is 5.41. The molecule has 0 aliphatic heterocycles. The van der Waals surface area contributed by atoms with E-state index in [2.05, 4.69) is 4.98 Å². The number of hydrogen-bond donors (Lipinski definition) is 1. The average Bonchev–Trinajstić information content (AvgIpc) is 3.05. The molecule has 0 atom stereocenters. The van der Waals surface area contributed by atoms with Crippen LogP contribution in [0, 0.1) is 0 Å². The summed E-state index contributed by atoms with van der Waals surface area (Å²) in [5.74, 6) is 0.691. The highest BCUT2D eigenvalue weighted by molar-refractivity contribution is 7.61. The molecule has 120 valence electrons. The Morgan fingerprint density at radius 2 is 1.74 bits per heavy atom. The van der Waals surface area contributed by atoms with Crippen LogP contribution in [0.4, 0.5) is 0 Å². The molecule has 0 radical (unpaired) electrons. The highest BCUT2D eigenvalue weighted by Gasteiger charge is 2.27. The smallest absolute Gasteiger partial charge is 0.376 e. The molecule has 6 heteroatoms. The fourth-order valence-corrected chi connectivity index (χ4v) is 3.48. The van der Waals surface area contributed by atoms with Gasteiger partial charge in [-0.2, -0.15) is 0 Å². The van der Waals surface area contributed by atoms with Gasteiger partial charge in [0.2, 0.25) is 0 Å². The normalized spacial score (nSPS) is 11.7. The van der Waals surface area contributed by atoms with Gasteiger partial charge in [-0.25, -0.2) is 0 Å². The van der Waals surface area contributed by atoms with Crippen LogP contribution >= 0.6 is 7.60 Å². The van der Waals surface area contributed by atoms with Crippen molar-refractivity contribution in [2.75, 3.05) is 14.2 Å². The molecule has 0 aliphatic rings. The molecule has 2 aromatic carbocycles. The number of hydrogen-bond acceptors (Lipinski definition) is 4. The van der Waals surface area contributed by atoms with E-state index in [0.29, 0.717) is 17.8 Å². The summed E-state index contributed by atoms with van der Waals surface area (Å²) >= 11 is 0. The molecule has 0 amide bonds. The predicted molar refractivity (Wildman–Crippen MR) is 90.3 cm³/mol. The molecule has 3 aromatic rings. The second-order valence-corrected chi connectivity index (χ2v) is 7.22. The Morgan fingerprint density at radius 3 is 2.43 bits per heavy atom. The Morgan fingerprint density at radius 1 is 1.00 bits per heavy atom. The second-order valence-electron chi connectivity index (χ2n) is 5.01. The van der Waals surface area contributed by atoms with E-state index < -0.39 is 7.60 Å². The van der Waals surface area contributed by atoms with Gasteiger partial charge < -0.3 is 18.8 Å². The molecule has 0 saturated carbocycles. The molecule has 0 bridgehead atoms. The largest absolute Gasteiger partial charge is 0.487 e. The first kappa shape index (κ1) is 15.8. The summed E-state index contributed by atoms with van der Waals surface area (Å²) in [5.41, 5.74) is 2.26. The van der Waals surface area contributed by atoms with Gasteiger partial charge in [0, 0.05) is 19.6 Å². The Kier molecular flexibility index (Phi) is 4.53. The van der Waals surface area contributed by atoms with Crippen LogP contribution in [-0.4, -0.2) is 19.2 Å². The lowest BCUT2D eigenvalue weighted by molar-refractivity contribution is 0.286. The van der Waals surface area contributed by atoms with Gasteiger partial charge in [-0.15, -0.1) is 0 Å². The molecule has 23 heavy (non-hydrogen) atoms. The van der Waals surface area contributed by atoms with Gasteiger partial charge in [0.25, 0.3) is 0 Å². The zero-order valence-corrected chi connectivity index (χ0v) is 13.9. The number of para-hydroxylation sites is 1. The molecule has 1 aromatic heterocycles. The topological polar surface area (TPSA) is 60.6 Å². The van der Waals surface area contributed by atoms with Gasteiger partial charge in [-0.05, 0) is 17.7 Å². The second kappa shape index (κ2) is 6.59. The van der Waals surface area contributed by atoms with Crippen LogP contribution in [0.15, 0.2) is 54.6 Å². The molecule has 0 spiro atoms. The van der Waals surface area contributed by atoms with E-state index in [9.17, 15) is 4.57 Å². The van der Waals surface area contributed by atoms with Crippen LogP contribution in [0.1, 0.15) is 5.56 Å². The average molecular weight is 331 g/mol. The Hall–Kier alpha value is -2.07. The zero-order valence-electron chi connectivity index (χ0n) is 13.0. The maximum Gasteiger partial charge on any atom is 0.376 e. The van der Waals surface area contributed by atoms with Gasteiger partial charge in [0.1, 0.15) is 17.8 Å². The number of nitrogens with one attached hydrogen (secondary N) is 1. The molecular formula is C17H18NO4P. The molecule has 1 heterocycles. The van der Waals surface area contributed by atoms with Crippen molar-refractivity contribution < 1.29 is 18.3 Å². The fourth-order valence-electron chi connectivity index (χ4n) is 2.39. The first-order valence-corrected chi connectivity index (χ1v) is 8.71. The van der Waals surface area contributed by atoms with Crippen LogP contribution in [-0.2, 0) is 20.2 Å². The lowest BCUT2D eigenvalue weighted by Crippen LogP contribution is -2.08. The third kappa shape index (κ3) is 3.17. The van der Waals surface area contributed by atoms with E-state index in [0.717, 1.165) is 16.5 Å². The SMILES string of the molecule is COP(=O)(OC)c1cc2cccc(OCc3ccccc3)c2[nH]1. The number of fused-ring (bicyclic) bond motifs is 1. The quantitative estimate of drug-likeness (QED) is 0.697. The van der Waals surface area contributed by atoms with Gasteiger partial charge in [-0.3, -0.25) is 4.57 Å². The van der Waals surface area contributed by atoms with E-state index in [-0.39, 0.29) is 0 Å². The van der Waals surface area contributed by atoms with Crippen LogP contribution in [0.25, 0.3) is 10.9 Å². The van der Waals surface area contributed by atoms with Gasteiger partial charge in [0.05, 0.1) is 5.52 Å². The number of rotatable bonds is 6. The van der Waals surface area contributed by atoms with E-state index >= 15 is 0 Å². The number of aromatic nitrogens is 1. The van der Waals surface area contributed by atoms with Crippen LogP contribution in [0.3, 0.4) is 0 Å². The molecule has 0 unspecified atom stereocenters. The maximum absolute atomic E-state index is 12.5. The molecule has 3 rings (SSSR count). The third-order valence-electron chi connectivity index (χ3n) is 3.62. The first-order valence-electron chi connectivity index (χ1n) is 7.17.